The van der Waals surface area contributed by atoms with Crippen LogP contribution in [0.15, 0.2) is 34.5 Å². The third-order valence-corrected chi connectivity index (χ3v) is 8.27. The number of likely N-dealkylation sites (N-methyl/N-ethyl adjacent to an activating group) is 1. The molecule has 1 aliphatic heterocycles. The Kier molecular flexibility index (Phi) is 7.35. The summed E-state index contributed by atoms with van der Waals surface area (Å²) in [4.78, 5) is 15.0. The van der Waals surface area contributed by atoms with Gasteiger partial charge in [-0.3, -0.25) is 4.79 Å². The van der Waals surface area contributed by atoms with E-state index in [1.807, 2.05) is 12.1 Å². The normalized spacial score (nSPS) is 15.0. The van der Waals surface area contributed by atoms with Gasteiger partial charge in [0.1, 0.15) is 4.21 Å². The quantitative estimate of drug-likeness (QED) is 0.607. The van der Waals surface area contributed by atoms with Crippen molar-refractivity contribution in [1.29, 1.82) is 0 Å². The van der Waals surface area contributed by atoms with Crippen molar-refractivity contribution in [2.75, 3.05) is 47.6 Å². The standard InChI is InChI=1S/C20H26N2O6S2/c1-21(14-15-4-6-17(26-2)18(12-15)27-3)19(23)13-16-5-7-20(29-16)30(24,25)22-8-10-28-11-9-22/h4-7,12H,8-11,13-14H2,1-3H3. The van der Waals surface area contributed by atoms with Gasteiger partial charge >= 0.3 is 0 Å². The Bertz CT molecular complexity index is 983. The van der Waals surface area contributed by atoms with Gasteiger partial charge in [0, 0.05) is 31.6 Å². The van der Waals surface area contributed by atoms with Crippen LogP contribution in [0.4, 0.5) is 0 Å². The van der Waals surface area contributed by atoms with Crippen molar-refractivity contribution in [3.8, 4) is 11.5 Å². The monoisotopic (exact) mass is 454 g/mol. The van der Waals surface area contributed by atoms with Gasteiger partial charge in [-0.15, -0.1) is 11.3 Å². The third kappa shape index (κ3) is 5.12. The molecule has 0 atom stereocenters. The first kappa shape index (κ1) is 22.5. The summed E-state index contributed by atoms with van der Waals surface area (Å²) in [7, 11) is 1.32. The maximum Gasteiger partial charge on any atom is 0.252 e. The largest absolute Gasteiger partial charge is 0.493 e. The number of hydrogen-bond donors (Lipinski definition) is 0. The fraction of sp³-hybridized carbons (Fsp3) is 0.450. The molecule has 164 valence electrons. The second kappa shape index (κ2) is 9.78. The third-order valence-electron chi connectivity index (χ3n) is 4.82. The van der Waals surface area contributed by atoms with E-state index in [-0.39, 0.29) is 16.5 Å². The van der Waals surface area contributed by atoms with Crippen LogP contribution in [0.5, 0.6) is 11.5 Å². The van der Waals surface area contributed by atoms with E-state index in [1.54, 1.807) is 44.4 Å². The van der Waals surface area contributed by atoms with Crippen LogP contribution < -0.4 is 9.47 Å². The molecule has 1 aliphatic rings. The molecule has 1 aromatic carbocycles. The smallest absolute Gasteiger partial charge is 0.252 e. The maximum absolute atomic E-state index is 12.7. The Hall–Kier alpha value is -2.14. The number of carbonyl (C=O) groups is 1. The molecule has 0 bridgehead atoms. The molecule has 1 fully saturated rings. The Balaban J connectivity index is 1.63. The summed E-state index contributed by atoms with van der Waals surface area (Å²) in [6, 6.07) is 8.80. The van der Waals surface area contributed by atoms with E-state index < -0.39 is 10.0 Å². The molecule has 2 heterocycles. The first-order chi connectivity index (χ1) is 14.3. The SMILES string of the molecule is COc1ccc(CN(C)C(=O)Cc2ccc(S(=O)(=O)N3CCOCC3)s2)cc1OC. The van der Waals surface area contributed by atoms with Crippen molar-refractivity contribution in [2.45, 2.75) is 17.2 Å². The Morgan fingerprint density at radius 3 is 2.50 bits per heavy atom. The lowest BCUT2D eigenvalue weighted by Gasteiger charge is -2.25. The van der Waals surface area contributed by atoms with Gasteiger partial charge in [0.2, 0.25) is 5.91 Å². The number of ether oxygens (including phenoxy) is 3. The number of benzene rings is 1. The molecule has 0 radical (unpaired) electrons. The van der Waals surface area contributed by atoms with Crippen molar-refractivity contribution in [3.05, 3.63) is 40.8 Å². The average molecular weight is 455 g/mol. The predicted octanol–water partition coefficient (Wildman–Crippen LogP) is 1.99. The zero-order valence-electron chi connectivity index (χ0n) is 17.3. The molecular formula is C20H26N2O6S2. The summed E-state index contributed by atoms with van der Waals surface area (Å²) in [5.41, 5.74) is 0.908. The molecule has 1 amide bonds. The zero-order valence-corrected chi connectivity index (χ0v) is 18.9. The second-order valence-corrected chi connectivity index (χ2v) is 10.2. The number of rotatable bonds is 8. The van der Waals surface area contributed by atoms with Crippen LogP contribution in [-0.2, 0) is 32.5 Å². The number of thiophene rings is 1. The van der Waals surface area contributed by atoms with Crippen LogP contribution in [0.2, 0.25) is 0 Å². The molecule has 2 aromatic rings. The Morgan fingerprint density at radius 2 is 1.83 bits per heavy atom. The van der Waals surface area contributed by atoms with Crippen LogP contribution in [-0.4, -0.2) is 71.1 Å². The molecule has 0 N–H and O–H groups in total. The molecule has 30 heavy (non-hydrogen) atoms. The number of amides is 1. The minimum absolute atomic E-state index is 0.0954. The lowest BCUT2D eigenvalue weighted by molar-refractivity contribution is -0.129. The number of carbonyl (C=O) groups excluding carboxylic acids is 1. The summed E-state index contributed by atoms with van der Waals surface area (Å²) < 4.78 is 42.9. The van der Waals surface area contributed by atoms with Gasteiger partial charge in [0.25, 0.3) is 10.0 Å². The highest BCUT2D eigenvalue weighted by molar-refractivity contribution is 7.91. The number of hydrogen-bond acceptors (Lipinski definition) is 7. The maximum atomic E-state index is 12.7. The Morgan fingerprint density at radius 1 is 1.13 bits per heavy atom. The van der Waals surface area contributed by atoms with E-state index in [9.17, 15) is 13.2 Å². The molecule has 0 spiro atoms. The molecule has 0 aliphatic carbocycles. The topological polar surface area (TPSA) is 85.4 Å². The van der Waals surface area contributed by atoms with Crippen molar-refractivity contribution in [1.82, 2.24) is 9.21 Å². The lowest BCUT2D eigenvalue weighted by atomic mass is 10.2. The highest BCUT2D eigenvalue weighted by Gasteiger charge is 2.28. The van der Waals surface area contributed by atoms with Crippen LogP contribution in [0.3, 0.4) is 0 Å². The van der Waals surface area contributed by atoms with Gasteiger partial charge in [0.05, 0.1) is 33.9 Å². The van der Waals surface area contributed by atoms with Crippen molar-refractivity contribution >= 4 is 27.3 Å². The van der Waals surface area contributed by atoms with Crippen LogP contribution >= 0.6 is 11.3 Å². The summed E-state index contributed by atoms with van der Waals surface area (Å²) in [5.74, 6) is 1.14. The molecule has 0 unspecified atom stereocenters. The summed E-state index contributed by atoms with van der Waals surface area (Å²) in [6.07, 6.45) is 0.146. The van der Waals surface area contributed by atoms with E-state index in [0.717, 1.165) is 16.9 Å². The first-order valence-corrected chi connectivity index (χ1v) is 11.7. The molecule has 8 nitrogen and oxygen atoms in total. The van der Waals surface area contributed by atoms with Gasteiger partial charge < -0.3 is 19.1 Å². The molecule has 3 rings (SSSR count). The summed E-state index contributed by atoms with van der Waals surface area (Å²) in [6.45, 7) is 1.91. The molecule has 0 saturated carbocycles. The van der Waals surface area contributed by atoms with Crippen LogP contribution in [0, 0.1) is 0 Å². The number of methoxy groups -OCH3 is 2. The predicted molar refractivity (Wildman–Crippen MR) is 114 cm³/mol. The highest BCUT2D eigenvalue weighted by Crippen LogP contribution is 2.29. The van der Waals surface area contributed by atoms with E-state index >= 15 is 0 Å². The number of sulfonamides is 1. The van der Waals surface area contributed by atoms with Crippen LogP contribution in [0.1, 0.15) is 10.4 Å². The average Bonchev–Trinajstić information content (AvgIpc) is 3.23. The van der Waals surface area contributed by atoms with E-state index in [4.69, 9.17) is 14.2 Å². The van der Waals surface area contributed by atoms with E-state index in [1.165, 1.54) is 4.31 Å². The Labute approximate surface area is 181 Å². The number of morpholine rings is 1. The molecule has 1 saturated heterocycles. The second-order valence-electron chi connectivity index (χ2n) is 6.85. The molecule has 1 aromatic heterocycles. The first-order valence-electron chi connectivity index (χ1n) is 9.46. The van der Waals surface area contributed by atoms with Gasteiger partial charge in [-0.05, 0) is 29.8 Å². The molecule has 10 heteroatoms. The van der Waals surface area contributed by atoms with Crippen LogP contribution in [0.25, 0.3) is 0 Å². The van der Waals surface area contributed by atoms with Crippen molar-refractivity contribution in [2.24, 2.45) is 0 Å². The summed E-state index contributed by atoms with van der Waals surface area (Å²) >= 11 is 1.14. The fourth-order valence-electron chi connectivity index (χ4n) is 3.13. The van der Waals surface area contributed by atoms with Gasteiger partial charge in [-0.25, -0.2) is 8.42 Å². The fourth-order valence-corrected chi connectivity index (χ4v) is 6.04. The number of nitrogens with zero attached hydrogens (tertiary/aromatic N) is 2. The lowest BCUT2D eigenvalue weighted by Crippen LogP contribution is -2.40. The van der Waals surface area contributed by atoms with Gasteiger partial charge in [0.15, 0.2) is 11.5 Å². The van der Waals surface area contributed by atoms with Crippen molar-refractivity contribution in [3.63, 3.8) is 0 Å². The summed E-state index contributed by atoms with van der Waals surface area (Å²) in [5, 5.41) is 0. The van der Waals surface area contributed by atoms with Crippen molar-refractivity contribution < 1.29 is 27.4 Å². The van der Waals surface area contributed by atoms with Gasteiger partial charge in [-0.1, -0.05) is 6.07 Å². The highest BCUT2D eigenvalue weighted by atomic mass is 32.2. The minimum Gasteiger partial charge on any atom is -0.493 e. The van der Waals surface area contributed by atoms with E-state index in [2.05, 4.69) is 0 Å². The van der Waals surface area contributed by atoms with Gasteiger partial charge in [-0.2, -0.15) is 4.31 Å². The zero-order chi connectivity index (χ0) is 21.7. The minimum atomic E-state index is -3.54. The molecular weight excluding hydrogens is 428 g/mol. The van der Waals surface area contributed by atoms with E-state index in [0.29, 0.717) is 49.2 Å².